The summed E-state index contributed by atoms with van der Waals surface area (Å²) in [6.45, 7) is 3.97. The number of piperidine rings is 1. The molecule has 7 nitrogen and oxygen atoms in total. The lowest BCUT2D eigenvalue weighted by Crippen LogP contribution is -2.46. The van der Waals surface area contributed by atoms with Crippen LogP contribution in [-0.4, -0.2) is 45.0 Å². The molecule has 2 aliphatic rings. The molecule has 0 radical (unpaired) electrons. The van der Waals surface area contributed by atoms with E-state index in [-0.39, 0.29) is 11.8 Å². The van der Waals surface area contributed by atoms with Crippen LogP contribution < -0.4 is 10.2 Å². The van der Waals surface area contributed by atoms with E-state index in [2.05, 4.69) is 32.4 Å². The smallest absolute Gasteiger partial charge is 0.234 e. The highest BCUT2D eigenvalue weighted by Gasteiger charge is 2.30. The first-order chi connectivity index (χ1) is 12.7. The van der Waals surface area contributed by atoms with Gasteiger partial charge in [-0.25, -0.2) is 4.68 Å². The molecule has 3 heterocycles. The maximum atomic E-state index is 12.6. The van der Waals surface area contributed by atoms with Crippen LogP contribution in [0.2, 0.25) is 0 Å². The Balaban J connectivity index is 1.30. The van der Waals surface area contributed by atoms with Gasteiger partial charge in [0, 0.05) is 37.4 Å². The number of nitrogens with zero attached hydrogens (tertiary/aromatic N) is 5. The average Bonchev–Trinajstić information content (AvgIpc) is 3.35. The van der Waals surface area contributed by atoms with Crippen LogP contribution in [0.4, 0.5) is 5.13 Å². The van der Waals surface area contributed by atoms with E-state index in [1.165, 1.54) is 30.6 Å². The Morgan fingerprint density at radius 3 is 2.65 bits per heavy atom. The normalized spacial score (nSPS) is 24.6. The number of hydrogen-bond donors (Lipinski definition) is 1. The van der Waals surface area contributed by atoms with Crippen molar-refractivity contribution in [3.8, 4) is 5.13 Å². The summed E-state index contributed by atoms with van der Waals surface area (Å²) in [5, 5.41) is 17.7. The van der Waals surface area contributed by atoms with Crippen molar-refractivity contribution in [3.63, 3.8) is 0 Å². The van der Waals surface area contributed by atoms with Crippen molar-refractivity contribution in [1.82, 2.24) is 25.3 Å². The van der Waals surface area contributed by atoms with Crippen LogP contribution in [-0.2, 0) is 4.79 Å². The van der Waals surface area contributed by atoms with Gasteiger partial charge in [0.2, 0.25) is 16.2 Å². The summed E-state index contributed by atoms with van der Waals surface area (Å²) in [5.41, 5.74) is 0. The Morgan fingerprint density at radius 2 is 1.92 bits per heavy atom. The van der Waals surface area contributed by atoms with E-state index in [1.54, 1.807) is 10.9 Å². The van der Waals surface area contributed by atoms with Gasteiger partial charge in [0.25, 0.3) is 0 Å². The van der Waals surface area contributed by atoms with Crippen LogP contribution in [0, 0.1) is 11.8 Å². The van der Waals surface area contributed by atoms with E-state index in [0.717, 1.165) is 42.6 Å². The number of rotatable bonds is 4. The molecule has 1 aliphatic carbocycles. The molecule has 2 aromatic heterocycles. The summed E-state index contributed by atoms with van der Waals surface area (Å²) in [4.78, 5) is 14.9. The molecule has 4 rings (SSSR count). The number of aromatic nitrogens is 4. The molecule has 0 bridgehead atoms. The van der Waals surface area contributed by atoms with Gasteiger partial charge in [-0.1, -0.05) is 31.1 Å². The Bertz CT molecular complexity index is 722. The van der Waals surface area contributed by atoms with E-state index in [1.807, 2.05) is 12.3 Å². The fourth-order valence-corrected chi connectivity index (χ4v) is 4.81. The van der Waals surface area contributed by atoms with Crippen molar-refractivity contribution >= 4 is 22.4 Å². The molecule has 140 valence electrons. The summed E-state index contributed by atoms with van der Waals surface area (Å²) < 4.78 is 1.73. The van der Waals surface area contributed by atoms with E-state index in [0.29, 0.717) is 12.0 Å². The molecule has 1 aliphatic heterocycles. The summed E-state index contributed by atoms with van der Waals surface area (Å²) in [7, 11) is 0. The summed E-state index contributed by atoms with van der Waals surface area (Å²) >= 11 is 1.54. The van der Waals surface area contributed by atoms with Gasteiger partial charge < -0.3 is 10.2 Å². The molecule has 0 spiro atoms. The Labute approximate surface area is 157 Å². The van der Waals surface area contributed by atoms with Gasteiger partial charge in [-0.15, -0.1) is 10.2 Å². The molecule has 2 aromatic rings. The second kappa shape index (κ2) is 7.73. The predicted molar refractivity (Wildman–Crippen MR) is 102 cm³/mol. The highest BCUT2D eigenvalue weighted by molar-refractivity contribution is 7.17. The molecule has 26 heavy (non-hydrogen) atoms. The van der Waals surface area contributed by atoms with Crippen molar-refractivity contribution in [2.75, 3.05) is 18.0 Å². The summed E-state index contributed by atoms with van der Waals surface area (Å²) in [6, 6.07) is 2.24. The highest BCUT2D eigenvalue weighted by atomic mass is 32.1. The Morgan fingerprint density at radius 1 is 1.15 bits per heavy atom. The molecular weight excluding hydrogens is 348 g/mol. The van der Waals surface area contributed by atoms with Crippen molar-refractivity contribution in [3.05, 3.63) is 18.5 Å². The number of anilines is 1. The first kappa shape index (κ1) is 17.5. The van der Waals surface area contributed by atoms with Gasteiger partial charge in [-0.3, -0.25) is 4.79 Å². The molecule has 2 unspecified atom stereocenters. The van der Waals surface area contributed by atoms with E-state index >= 15 is 0 Å². The highest BCUT2D eigenvalue weighted by Crippen LogP contribution is 2.28. The largest absolute Gasteiger partial charge is 0.353 e. The number of carbonyl (C=O) groups excluding carboxylic acids is 1. The van der Waals surface area contributed by atoms with E-state index in [9.17, 15) is 4.79 Å². The topological polar surface area (TPSA) is 75.9 Å². The molecule has 1 amide bonds. The quantitative estimate of drug-likeness (QED) is 0.890. The van der Waals surface area contributed by atoms with Crippen LogP contribution in [0.5, 0.6) is 0 Å². The lowest BCUT2D eigenvalue weighted by molar-refractivity contribution is -0.126. The minimum absolute atomic E-state index is 0.124. The van der Waals surface area contributed by atoms with Gasteiger partial charge in [-0.05, 0) is 37.7 Å². The Kier molecular flexibility index (Phi) is 5.19. The van der Waals surface area contributed by atoms with Gasteiger partial charge in [0.15, 0.2) is 0 Å². The third-order valence-electron chi connectivity index (χ3n) is 5.68. The van der Waals surface area contributed by atoms with Gasteiger partial charge in [0.05, 0.1) is 0 Å². The zero-order valence-electron chi connectivity index (χ0n) is 15.2. The van der Waals surface area contributed by atoms with Gasteiger partial charge >= 0.3 is 0 Å². The number of amides is 1. The number of nitrogens with one attached hydrogen (secondary N) is 1. The molecular formula is C18H26N6OS. The summed E-state index contributed by atoms with van der Waals surface area (Å²) in [5.74, 6) is 0.978. The molecule has 2 fully saturated rings. The van der Waals surface area contributed by atoms with Crippen LogP contribution in [0.25, 0.3) is 5.13 Å². The zero-order chi connectivity index (χ0) is 17.9. The van der Waals surface area contributed by atoms with Crippen LogP contribution in [0.1, 0.15) is 45.4 Å². The van der Waals surface area contributed by atoms with Gasteiger partial charge in [-0.2, -0.15) is 5.10 Å². The predicted octanol–water partition coefficient (Wildman–Crippen LogP) is 2.64. The fourth-order valence-electron chi connectivity index (χ4n) is 3.97. The average molecular weight is 375 g/mol. The summed E-state index contributed by atoms with van der Waals surface area (Å²) in [6.07, 6.45) is 10.3. The molecule has 8 heteroatoms. The lowest BCUT2D eigenvalue weighted by Gasteiger charge is -2.34. The molecule has 0 aromatic carbocycles. The minimum atomic E-state index is 0.124. The van der Waals surface area contributed by atoms with Crippen LogP contribution >= 0.6 is 11.3 Å². The van der Waals surface area contributed by atoms with E-state index < -0.39 is 0 Å². The first-order valence-corrected chi connectivity index (χ1v) is 10.4. The monoisotopic (exact) mass is 374 g/mol. The lowest BCUT2D eigenvalue weighted by atomic mass is 9.85. The third kappa shape index (κ3) is 3.75. The molecule has 1 saturated carbocycles. The van der Waals surface area contributed by atoms with Crippen LogP contribution in [0.3, 0.4) is 0 Å². The SMILES string of the molecule is CC1CCCCC1NC(=O)C1CCN(c2nnc(-n3cccn3)s2)CC1. The Hall–Kier alpha value is -1.96. The van der Waals surface area contributed by atoms with Crippen molar-refractivity contribution in [1.29, 1.82) is 0 Å². The number of carbonyl (C=O) groups is 1. The maximum Gasteiger partial charge on any atom is 0.234 e. The molecule has 1 saturated heterocycles. The second-order valence-corrected chi connectivity index (χ2v) is 8.39. The first-order valence-electron chi connectivity index (χ1n) is 9.59. The molecule has 1 N–H and O–H groups in total. The minimum Gasteiger partial charge on any atom is -0.353 e. The third-order valence-corrected chi connectivity index (χ3v) is 6.65. The van der Waals surface area contributed by atoms with Crippen molar-refractivity contribution < 1.29 is 4.79 Å². The standard InChI is InChI=1S/C18H26N6OS/c1-13-5-2-3-6-15(13)20-16(25)14-7-11-23(12-8-14)17-21-22-18(26-17)24-10-4-9-19-24/h4,9-10,13-15H,2-3,5-8,11-12H2,1H3,(H,20,25). The van der Waals surface area contributed by atoms with Gasteiger partial charge in [0.1, 0.15) is 0 Å². The van der Waals surface area contributed by atoms with E-state index in [4.69, 9.17) is 0 Å². The second-order valence-electron chi connectivity index (χ2n) is 7.46. The van der Waals surface area contributed by atoms with Crippen molar-refractivity contribution in [2.45, 2.75) is 51.5 Å². The zero-order valence-corrected chi connectivity index (χ0v) is 16.0. The van der Waals surface area contributed by atoms with Crippen LogP contribution in [0.15, 0.2) is 18.5 Å². The number of hydrogen-bond acceptors (Lipinski definition) is 6. The van der Waals surface area contributed by atoms with Crippen molar-refractivity contribution in [2.24, 2.45) is 11.8 Å². The fraction of sp³-hybridized carbons (Fsp3) is 0.667. The molecule has 2 atom stereocenters. The maximum absolute atomic E-state index is 12.6.